The molecule has 0 aliphatic carbocycles. The summed E-state index contributed by atoms with van der Waals surface area (Å²) < 4.78 is 22.4. The van der Waals surface area contributed by atoms with Crippen LogP contribution in [0.15, 0.2) is 29.3 Å². The van der Waals surface area contributed by atoms with Crippen molar-refractivity contribution < 1.29 is 8.42 Å². The molecule has 1 aromatic rings. The van der Waals surface area contributed by atoms with Crippen LogP contribution in [0.25, 0.3) is 0 Å². The zero-order valence-electron chi connectivity index (χ0n) is 16.2. The molecule has 1 aliphatic heterocycles. The molecule has 26 heavy (non-hydrogen) atoms. The SMILES string of the molecule is CCNC(=NCCCS(C)(=O)=O)NC(C)c1cccc(N2CCCC2)c1. The Balaban J connectivity index is 1.97. The molecular weight excluding hydrogens is 348 g/mol. The minimum Gasteiger partial charge on any atom is -0.372 e. The highest BCUT2D eigenvalue weighted by Crippen LogP contribution is 2.23. The van der Waals surface area contributed by atoms with Gasteiger partial charge in [0.25, 0.3) is 0 Å². The maximum absolute atomic E-state index is 11.2. The van der Waals surface area contributed by atoms with Crippen molar-refractivity contribution in [2.45, 2.75) is 39.2 Å². The van der Waals surface area contributed by atoms with Crippen molar-refractivity contribution in [2.75, 3.05) is 43.1 Å². The molecule has 0 saturated carbocycles. The molecule has 1 fully saturated rings. The summed E-state index contributed by atoms with van der Waals surface area (Å²) in [7, 11) is -2.93. The largest absolute Gasteiger partial charge is 0.372 e. The van der Waals surface area contributed by atoms with Gasteiger partial charge in [-0.05, 0) is 50.8 Å². The number of nitrogens with one attached hydrogen (secondary N) is 2. The Labute approximate surface area is 158 Å². The summed E-state index contributed by atoms with van der Waals surface area (Å²) >= 11 is 0. The van der Waals surface area contributed by atoms with E-state index in [1.165, 1.54) is 30.3 Å². The van der Waals surface area contributed by atoms with E-state index in [1.54, 1.807) is 0 Å². The Kier molecular flexibility index (Phi) is 7.75. The number of hydrogen-bond donors (Lipinski definition) is 2. The molecule has 0 spiro atoms. The van der Waals surface area contributed by atoms with Gasteiger partial charge in [-0.1, -0.05) is 12.1 Å². The number of anilines is 1. The Morgan fingerprint density at radius 1 is 1.31 bits per heavy atom. The van der Waals surface area contributed by atoms with Gasteiger partial charge in [-0.25, -0.2) is 8.42 Å². The molecule has 1 heterocycles. The lowest BCUT2D eigenvalue weighted by atomic mass is 10.1. The molecular formula is C19H32N4O2S. The summed E-state index contributed by atoms with van der Waals surface area (Å²) in [5, 5.41) is 6.65. The summed E-state index contributed by atoms with van der Waals surface area (Å²) in [6, 6.07) is 8.77. The zero-order valence-corrected chi connectivity index (χ0v) is 17.0. The molecule has 146 valence electrons. The molecule has 2 rings (SSSR count). The van der Waals surface area contributed by atoms with Crippen LogP contribution in [0.4, 0.5) is 5.69 Å². The van der Waals surface area contributed by atoms with E-state index in [2.05, 4.69) is 51.7 Å². The maximum atomic E-state index is 11.2. The Morgan fingerprint density at radius 3 is 2.69 bits per heavy atom. The third-order valence-corrected chi connectivity index (χ3v) is 5.51. The van der Waals surface area contributed by atoms with E-state index in [0.29, 0.717) is 13.0 Å². The van der Waals surface area contributed by atoms with Crippen LogP contribution in [0.2, 0.25) is 0 Å². The number of hydrogen-bond acceptors (Lipinski definition) is 4. The van der Waals surface area contributed by atoms with Crippen molar-refractivity contribution >= 4 is 21.5 Å². The molecule has 1 aliphatic rings. The Hall–Kier alpha value is -1.76. The number of sulfone groups is 1. The van der Waals surface area contributed by atoms with E-state index in [-0.39, 0.29) is 11.8 Å². The first-order chi connectivity index (χ1) is 12.4. The van der Waals surface area contributed by atoms with Crippen LogP contribution in [0.1, 0.15) is 44.7 Å². The molecule has 0 bridgehead atoms. The van der Waals surface area contributed by atoms with Crippen LogP contribution in [-0.4, -0.2) is 52.6 Å². The number of aliphatic imine (C=N–C) groups is 1. The second kappa shape index (κ2) is 9.80. The van der Waals surface area contributed by atoms with Crippen LogP contribution < -0.4 is 15.5 Å². The van der Waals surface area contributed by atoms with Crippen molar-refractivity contribution in [3.8, 4) is 0 Å². The molecule has 6 nitrogen and oxygen atoms in total. The fraction of sp³-hybridized carbons (Fsp3) is 0.632. The molecule has 0 amide bonds. The minimum atomic E-state index is -2.93. The van der Waals surface area contributed by atoms with E-state index in [0.717, 1.165) is 25.6 Å². The lowest BCUT2D eigenvalue weighted by Crippen LogP contribution is -2.39. The topological polar surface area (TPSA) is 73.8 Å². The Morgan fingerprint density at radius 2 is 2.04 bits per heavy atom. The smallest absolute Gasteiger partial charge is 0.191 e. The van der Waals surface area contributed by atoms with Crippen molar-refractivity contribution in [3.05, 3.63) is 29.8 Å². The molecule has 1 saturated heterocycles. The van der Waals surface area contributed by atoms with Gasteiger partial charge in [-0.2, -0.15) is 0 Å². The number of benzene rings is 1. The van der Waals surface area contributed by atoms with Crippen LogP contribution in [0.5, 0.6) is 0 Å². The van der Waals surface area contributed by atoms with Crippen LogP contribution in [0.3, 0.4) is 0 Å². The first-order valence-corrected chi connectivity index (χ1v) is 11.5. The van der Waals surface area contributed by atoms with E-state index >= 15 is 0 Å². The minimum absolute atomic E-state index is 0.116. The molecule has 0 radical (unpaired) electrons. The summed E-state index contributed by atoms with van der Waals surface area (Å²) in [6.45, 7) is 7.66. The third-order valence-electron chi connectivity index (χ3n) is 4.48. The molecule has 2 N–H and O–H groups in total. The van der Waals surface area contributed by atoms with Gasteiger partial charge in [-0.15, -0.1) is 0 Å². The number of rotatable bonds is 8. The Bertz CT molecular complexity index is 697. The van der Waals surface area contributed by atoms with Crippen molar-refractivity contribution in [1.29, 1.82) is 0 Å². The maximum Gasteiger partial charge on any atom is 0.191 e. The lowest BCUT2D eigenvalue weighted by molar-refractivity contribution is 0.599. The summed E-state index contributed by atoms with van der Waals surface area (Å²) in [4.78, 5) is 6.93. The molecule has 1 atom stereocenters. The van der Waals surface area contributed by atoms with Crippen LogP contribution >= 0.6 is 0 Å². The highest BCUT2D eigenvalue weighted by molar-refractivity contribution is 7.90. The molecule has 1 unspecified atom stereocenters. The van der Waals surface area contributed by atoms with Crippen LogP contribution in [0, 0.1) is 0 Å². The molecule has 1 aromatic carbocycles. The quantitative estimate of drug-likeness (QED) is 0.411. The van der Waals surface area contributed by atoms with Gasteiger partial charge in [0.1, 0.15) is 9.84 Å². The molecule has 7 heteroatoms. The molecule has 0 aromatic heterocycles. The first kappa shape index (κ1) is 20.6. The van der Waals surface area contributed by atoms with Crippen LogP contribution in [-0.2, 0) is 9.84 Å². The highest BCUT2D eigenvalue weighted by atomic mass is 32.2. The fourth-order valence-corrected chi connectivity index (χ4v) is 3.75. The standard InChI is InChI=1S/C19H32N4O2S/c1-4-20-19(21-11-8-14-26(3,24)25)22-16(2)17-9-7-10-18(15-17)23-12-5-6-13-23/h7,9-10,15-16H,4-6,8,11-14H2,1-3H3,(H2,20,21,22). The van der Waals surface area contributed by atoms with E-state index < -0.39 is 9.84 Å². The van der Waals surface area contributed by atoms with E-state index in [9.17, 15) is 8.42 Å². The predicted molar refractivity (Wildman–Crippen MR) is 110 cm³/mol. The van der Waals surface area contributed by atoms with Crippen molar-refractivity contribution in [1.82, 2.24) is 10.6 Å². The zero-order chi connectivity index (χ0) is 19.0. The average molecular weight is 381 g/mol. The number of nitrogens with zero attached hydrogens (tertiary/aromatic N) is 2. The van der Waals surface area contributed by atoms with Gasteiger partial charge in [-0.3, -0.25) is 4.99 Å². The van der Waals surface area contributed by atoms with E-state index in [1.807, 2.05) is 6.92 Å². The summed E-state index contributed by atoms with van der Waals surface area (Å²) in [5.41, 5.74) is 2.50. The van der Waals surface area contributed by atoms with Gasteiger partial charge in [0.05, 0.1) is 11.8 Å². The summed E-state index contributed by atoms with van der Waals surface area (Å²) in [5.74, 6) is 0.892. The highest BCUT2D eigenvalue weighted by Gasteiger charge is 2.14. The predicted octanol–water partition coefficient (Wildman–Crippen LogP) is 2.34. The van der Waals surface area contributed by atoms with Gasteiger partial charge in [0, 0.05) is 38.1 Å². The lowest BCUT2D eigenvalue weighted by Gasteiger charge is -2.22. The normalized spacial score (nSPS) is 16.6. The van der Waals surface area contributed by atoms with Gasteiger partial charge < -0.3 is 15.5 Å². The van der Waals surface area contributed by atoms with E-state index in [4.69, 9.17) is 0 Å². The monoisotopic (exact) mass is 380 g/mol. The van der Waals surface area contributed by atoms with Crippen molar-refractivity contribution in [2.24, 2.45) is 4.99 Å². The first-order valence-electron chi connectivity index (χ1n) is 9.46. The average Bonchev–Trinajstić information content (AvgIpc) is 3.12. The fourth-order valence-electron chi connectivity index (χ4n) is 3.09. The number of guanidine groups is 1. The summed E-state index contributed by atoms with van der Waals surface area (Å²) in [6.07, 6.45) is 4.33. The van der Waals surface area contributed by atoms with Gasteiger partial charge in [0.15, 0.2) is 5.96 Å². The van der Waals surface area contributed by atoms with Gasteiger partial charge >= 0.3 is 0 Å². The second-order valence-electron chi connectivity index (χ2n) is 6.90. The van der Waals surface area contributed by atoms with Gasteiger partial charge in [0.2, 0.25) is 0 Å². The van der Waals surface area contributed by atoms with Crippen molar-refractivity contribution in [3.63, 3.8) is 0 Å². The second-order valence-corrected chi connectivity index (χ2v) is 9.16. The third kappa shape index (κ3) is 6.86.